The number of amides is 2. The summed E-state index contributed by atoms with van der Waals surface area (Å²) in [7, 11) is 0. The number of benzene rings is 2. The van der Waals surface area contributed by atoms with Gasteiger partial charge in [-0.15, -0.1) is 6.58 Å². The number of fused-ring (bicyclic) bond motifs is 1. The van der Waals surface area contributed by atoms with Gasteiger partial charge in [0.15, 0.2) is 6.61 Å². The number of hydrogen-bond acceptors (Lipinski definition) is 4. The minimum Gasteiger partial charge on any atom is -0.484 e. The molecule has 0 aliphatic carbocycles. The molecule has 1 fully saturated rings. The zero-order valence-electron chi connectivity index (χ0n) is 19.7. The monoisotopic (exact) mass is 465 g/mol. The minimum absolute atomic E-state index is 0.0250. The maximum Gasteiger partial charge on any atom is 0.260 e. The molecule has 1 saturated heterocycles. The second-order valence-electron chi connectivity index (χ2n) is 8.77. The molecule has 0 saturated carbocycles. The molecule has 0 N–H and O–H groups in total. The fourth-order valence-corrected chi connectivity index (χ4v) is 4.79. The van der Waals surface area contributed by atoms with Crippen LogP contribution in [0.25, 0.3) is 0 Å². The Morgan fingerprint density at radius 1 is 1.09 bits per heavy atom. The zero-order chi connectivity index (χ0) is 24.1. The van der Waals surface area contributed by atoms with E-state index in [1.54, 1.807) is 6.07 Å². The first-order valence-electron chi connectivity index (χ1n) is 11.9. The highest BCUT2D eigenvalue weighted by Gasteiger charge is 2.32. The van der Waals surface area contributed by atoms with Gasteiger partial charge in [0, 0.05) is 45.7 Å². The summed E-state index contributed by atoms with van der Waals surface area (Å²) in [5.74, 6) is 0.224. The molecule has 0 spiro atoms. The summed E-state index contributed by atoms with van der Waals surface area (Å²) in [5, 5.41) is 0. The molecule has 0 radical (unpaired) electrons. The van der Waals surface area contributed by atoms with Gasteiger partial charge in [-0.1, -0.05) is 31.2 Å². The van der Waals surface area contributed by atoms with Crippen LogP contribution in [-0.2, 0) is 16.0 Å². The molecule has 7 heteroatoms. The van der Waals surface area contributed by atoms with Crippen LogP contribution in [-0.4, -0.2) is 72.4 Å². The molecule has 2 aromatic carbocycles. The van der Waals surface area contributed by atoms with Crippen molar-refractivity contribution in [1.29, 1.82) is 0 Å². The van der Waals surface area contributed by atoms with E-state index >= 15 is 0 Å². The van der Waals surface area contributed by atoms with Gasteiger partial charge in [0.05, 0.1) is 6.04 Å². The third-order valence-electron chi connectivity index (χ3n) is 6.61. The first kappa shape index (κ1) is 24.0. The predicted octanol–water partition coefficient (Wildman–Crippen LogP) is 3.42. The quantitative estimate of drug-likeness (QED) is 0.588. The second-order valence-corrected chi connectivity index (χ2v) is 8.77. The molecular weight excluding hydrogens is 433 g/mol. The fraction of sp³-hybridized carbons (Fsp3) is 0.407. The SMILES string of the molecule is C=CCN1CCN(C(=O)COc2ccc3c(c2)C(c2cccc(F)c2)N(C(=O)CC)CC3)CC1. The lowest BCUT2D eigenvalue weighted by Crippen LogP contribution is -2.49. The van der Waals surface area contributed by atoms with E-state index in [9.17, 15) is 14.0 Å². The van der Waals surface area contributed by atoms with Gasteiger partial charge >= 0.3 is 0 Å². The van der Waals surface area contributed by atoms with Crippen molar-refractivity contribution in [2.24, 2.45) is 0 Å². The van der Waals surface area contributed by atoms with Crippen molar-refractivity contribution in [1.82, 2.24) is 14.7 Å². The summed E-state index contributed by atoms with van der Waals surface area (Å²) in [6.45, 7) is 9.98. The molecular formula is C27H32FN3O3. The van der Waals surface area contributed by atoms with E-state index in [0.29, 0.717) is 31.8 Å². The van der Waals surface area contributed by atoms with E-state index in [1.165, 1.54) is 12.1 Å². The Balaban J connectivity index is 1.51. The molecule has 4 rings (SSSR count). The van der Waals surface area contributed by atoms with Crippen LogP contribution in [0, 0.1) is 5.82 Å². The Hall–Kier alpha value is -3.19. The van der Waals surface area contributed by atoms with Crippen molar-refractivity contribution >= 4 is 11.8 Å². The Kier molecular flexibility index (Phi) is 7.63. The summed E-state index contributed by atoms with van der Waals surface area (Å²) in [6.07, 6.45) is 2.98. The van der Waals surface area contributed by atoms with Crippen LogP contribution in [0.4, 0.5) is 4.39 Å². The Labute approximate surface area is 200 Å². The topological polar surface area (TPSA) is 53.1 Å². The van der Waals surface area contributed by atoms with Crippen LogP contribution in [0.1, 0.15) is 36.1 Å². The maximum atomic E-state index is 14.1. The normalized spacial score (nSPS) is 18.4. The number of ether oxygens (including phenoxy) is 1. The smallest absolute Gasteiger partial charge is 0.260 e. The highest BCUT2D eigenvalue weighted by Crippen LogP contribution is 2.37. The van der Waals surface area contributed by atoms with Crippen LogP contribution in [0.2, 0.25) is 0 Å². The Morgan fingerprint density at radius 2 is 1.88 bits per heavy atom. The summed E-state index contributed by atoms with van der Waals surface area (Å²) in [5.41, 5.74) is 2.75. The van der Waals surface area contributed by atoms with Crippen molar-refractivity contribution in [3.8, 4) is 5.75 Å². The lowest BCUT2D eigenvalue weighted by molar-refractivity contribution is -0.135. The molecule has 2 heterocycles. The van der Waals surface area contributed by atoms with E-state index in [-0.39, 0.29) is 30.3 Å². The first-order chi connectivity index (χ1) is 16.5. The standard InChI is InChI=1S/C27H32FN3O3/c1-3-11-29-13-15-30(16-14-29)26(33)19-34-23-9-8-20-10-12-31(25(32)4-2)27(24(20)18-23)21-6-5-7-22(28)17-21/h3,5-9,17-18,27H,1,4,10-16,19H2,2H3. The van der Waals surface area contributed by atoms with Gasteiger partial charge in [0.25, 0.3) is 5.91 Å². The third-order valence-corrected chi connectivity index (χ3v) is 6.61. The van der Waals surface area contributed by atoms with Crippen LogP contribution < -0.4 is 4.74 Å². The van der Waals surface area contributed by atoms with E-state index in [4.69, 9.17) is 4.74 Å². The number of carbonyl (C=O) groups is 2. The van der Waals surface area contributed by atoms with Gasteiger partial charge in [-0.05, 0) is 47.4 Å². The zero-order valence-corrected chi connectivity index (χ0v) is 19.7. The van der Waals surface area contributed by atoms with Crippen molar-refractivity contribution in [2.45, 2.75) is 25.8 Å². The number of nitrogens with zero attached hydrogens (tertiary/aromatic N) is 3. The first-order valence-corrected chi connectivity index (χ1v) is 11.9. The summed E-state index contributed by atoms with van der Waals surface area (Å²) in [4.78, 5) is 31.3. The molecule has 2 aliphatic heterocycles. The van der Waals surface area contributed by atoms with Gasteiger partial charge in [0.1, 0.15) is 11.6 Å². The molecule has 34 heavy (non-hydrogen) atoms. The van der Waals surface area contributed by atoms with Crippen LogP contribution >= 0.6 is 0 Å². The van der Waals surface area contributed by atoms with Gasteiger partial charge in [-0.25, -0.2) is 4.39 Å². The Bertz CT molecular complexity index is 1050. The summed E-state index contributed by atoms with van der Waals surface area (Å²) < 4.78 is 20.0. The van der Waals surface area contributed by atoms with Crippen molar-refractivity contribution in [3.63, 3.8) is 0 Å². The minimum atomic E-state index is -0.385. The largest absolute Gasteiger partial charge is 0.484 e. The molecule has 6 nitrogen and oxygen atoms in total. The lowest BCUT2D eigenvalue weighted by atomic mass is 9.87. The van der Waals surface area contributed by atoms with Crippen molar-refractivity contribution in [3.05, 3.63) is 77.6 Å². The average molecular weight is 466 g/mol. The lowest BCUT2D eigenvalue weighted by Gasteiger charge is -2.38. The number of halogens is 1. The molecule has 2 aliphatic rings. The second kappa shape index (κ2) is 10.8. The van der Waals surface area contributed by atoms with Gasteiger partial charge < -0.3 is 14.5 Å². The number of carbonyl (C=O) groups excluding carboxylic acids is 2. The maximum absolute atomic E-state index is 14.1. The molecule has 1 atom stereocenters. The van der Waals surface area contributed by atoms with Gasteiger partial charge in [0.2, 0.25) is 5.91 Å². The number of piperazine rings is 1. The third kappa shape index (κ3) is 5.30. The highest BCUT2D eigenvalue weighted by molar-refractivity contribution is 5.78. The number of rotatable bonds is 7. The Morgan fingerprint density at radius 3 is 2.59 bits per heavy atom. The van der Waals surface area contributed by atoms with Crippen molar-refractivity contribution < 1.29 is 18.7 Å². The average Bonchev–Trinajstić information content (AvgIpc) is 2.86. The molecule has 2 aromatic rings. The van der Waals surface area contributed by atoms with E-state index in [2.05, 4.69) is 11.5 Å². The molecule has 0 bridgehead atoms. The van der Waals surface area contributed by atoms with Crippen LogP contribution in [0.3, 0.4) is 0 Å². The van der Waals surface area contributed by atoms with E-state index in [1.807, 2.05) is 47.1 Å². The van der Waals surface area contributed by atoms with E-state index in [0.717, 1.165) is 42.7 Å². The fourth-order valence-electron chi connectivity index (χ4n) is 4.79. The molecule has 0 aromatic heterocycles. The molecule has 180 valence electrons. The molecule has 1 unspecified atom stereocenters. The van der Waals surface area contributed by atoms with Gasteiger partial charge in [-0.2, -0.15) is 0 Å². The summed E-state index contributed by atoms with van der Waals surface area (Å²) >= 11 is 0. The van der Waals surface area contributed by atoms with Crippen LogP contribution in [0.5, 0.6) is 5.75 Å². The van der Waals surface area contributed by atoms with Crippen molar-refractivity contribution in [2.75, 3.05) is 45.9 Å². The van der Waals surface area contributed by atoms with E-state index < -0.39 is 0 Å². The van der Waals surface area contributed by atoms with Crippen LogP contribution in [0.15, 0.2) is 55.1 Å². The number of hydrogen-bond donors (Lipinski definition) is 0. The highest BCUT2D eigenvalue weighted by atomic mass is 19.1. The summed E-state index contributed by atoms with van der Waals surface area (Å²) in [6, 6.07) is 11.8. The molecule has 2 amide bonds. The predicted molar refractivity (Wildman–Crippen MR) is 129 cm³/mol. The van der Waals surface area contributed by atoms with Gasteiger partial charge in [-0.3, -0.25) is 14.5 Å².